The lowest BCUT2D eigenvalue weighted by molar-refractivity contribution is -0.860. The Morgan fingerprint density at radius 1 is 0.941 bits per heavy atom. The molecular formula is C23H25ClN4O4S2. The van der Waals surface area contributed by atoms with Crippen LogP contribution in [-0.4, -0.2) is 65.9 Å². The number of likely N-dealkylation sites (N-methyl/N-ethyl adjacent to an activating group) is 1. The summed E-state index contributed by atoms with van der Waals surface area (Å²) in [5.41, 5.74) is 2.14. The first-order valence-electron chi connectivity index (χ1n) is 9.97. The summed E-state index contributed by atoms with van der Waals surface area (Å²) in [6.45, 7) is 0.607. The van der Waals surface area contributed by atoms with E-state index in [1.54, 1.807) is 30.3 Å². The summed E-state index contributed by atoms with van der Waals surface area (Å²) in [7, 11) is -1.07. The number of fused-ring (bicyclic) bond motifs is 1. The molecule has 1 aromatic heterocycles. The monoisotopic (exact) mass is 520 g/mol. The first kappa shape index (κ1) is 27.3. The van der Waals surface area contributed by atoms with Gasteiger partial charge < -0.3 is 16.9 Å². The maximum absolute atomic E-state index is 11.8. The first-order valence-corrected chi connectivity index (χ1v) is 12.9. The van der Waals surface area contributed by atoms with Crippen molar-refractivity contribution in [3.05, 3.63) is 90.3 Å². The highest BCUT2D eigenvalue weighted by molar-refractivity contribution is 7.91. The number of hydrogen-bond donors (Lipinski definition) is 0. The van der Waals surface area contributed by atoms with Crippen LogP contribution in [0.5, 0.6) is 0 Å². The lowest BCUT2D eigenvalue weighted by Crippen LogP contribution is -3.00. The number of rotatable bonds is 5. The Labute approximate surface area is 206 Å². The van der Waals surface area contributed by atoms with Gasteiger partial charge in [0.05, 0.1) is 26.0 Å². The summed E-state index contributed by atoms with van der Waals surface area (Å²) in [4.78, 5) is 4.17. The number of hydrogen-bond acceptors (Lipinski definition) is 5. The Kier molecular flexibility index (Phi) is 8.84. The number of benzene rings is 2. The highest BCUT2D eigenvalue weighted by Crippen LogP contribution is 2.26. The van der Waals surface area contributed by atoms with Gasteiger partial charge in [0.1, 0.15) is 17.2 Å². The zero-order valence-corrected chi connectivity index (χ0v) is 21.3. The van der Waals surface area contributed by atoms with E-state index in [1.807, 2.05) is 51.5 Å². The molecule has 0 bridgehead atoms. The molecule has 3 aromatic rings. The maximum Gasteiger partial charge on any atom is 0.283 e. The molecule has 34 heavy (non-hydrogen) atoms. The van der Waals surface area contributed by atoms with Crippen LogP contribution in [0.2, 0.25) is 0 Å². The molecule has 0 saturated carbocycles. The largest absolute Gasteiger partial charge is 1.00 e. The van der Waals surface area contributed by atoms with Gasteiger partial charge >= 0.3 is 0 Å². The van der Waals surface area contributed by atoms with Gasteiger partial charge in [-0.25, -0.2) is 0 Å². The molecule has 1 aliphatic rings. The first-order chi connectivity index (χ1) is 15.5. The van der Waals surface area contributed by atoms with Gasteiger partial charge in [0.25, 0.3) is 20.0 Å². The third-order valence-electron chi connectivity index (χ3n) is 4.40. The van der Waals surface area contributed by atoms with Crippen LogP contribution in [0.1, 0.15) is 11.1 Å². The molecule has 0 fully saturated rings. The van der Waals surface area contributed by atoms with E-state index < -0.39 is 20.0 Å². The van der Waals surface area contributed by atoms with Crippen molar-refractivity contribution in [3.8, 4) is 0 Å². The van der Waals surface area contributed by atoms with Crippen molar-refractivity contribution in [3.63, 3.8) is 0 Å². The molecule has 0 radical (unpaired) electrons. The van der Waals surface area contributed by atoms with Crippen molar-refractivity contribution in [1.82, 2.24) is 4.98 Å². The quantitative estimate of drug-likeness (QED) is 0.341. The van der Waals surface area contributed by atoms with Crippen LogP contribution in [0.4, 0.5) is 0 Å². The van der Waals surface area contributed by atoms with Crippen molar-refractivity contribution in [2.45, 2.75) is 9.79 Å². The van der Waals surface area contributed by atoms with Crippen LogP contribution < -0.4 is 12.4 Å². The van der Waals surface area contributed by atoms with Crippen LogP contribution in [0, 0.1) is 0 Å². The Bertz CT molecular complexity index is 1390. The fourth-order valence-corrected chi connectivity index (χ4v) is 5.05. The molecular weight excluding hydrogens is 496 g/mol. The van der Waals surface area contributed by atoms with Crippen LogP contribution in [0.25, 0.3) is 0 Å². The predicted molar refractivity (Wildman–Crippen MR) is 129 cm³/mol. The van der Waals surface area contributed by atoms with Gasteiger partial charge in [-0.15, -0.1) is 0 Å². The average Bonchev–Trinajstić information content (AvgIpc) is 3.03. The van der Waals surface area contributed by atoms with Gasteiger partial charge in [0, 0.05) is 24.2 Å². The zero-order valence-electron chi connectivity index (χ0n) is 18.9. The number of quaternary nitrogens is 1. The molecule has 0 aliphatic carbocycles. The van der Waals surface area contributed by atoms with Crippen LogP contribution in [-0.2, 0) is 20.0 Å². The Morgan fingerprint density at radius 3 is 2.21 bits per heavy atom. The molecule has 8 nitrogen and oxygen atoms in total. The molecule has 0 amide bonds. The number of halogens is 1. The highest BCUT2D eigenvalue weighted by atomic mass is 35.5. The lowest BCUT2D eigenvalue weighted by atomic mass is 10.1. The molecule has 2 heterocycles. The average molecular weight is 521 g/mol. The molecule has 0 spiro atoms. The van der Waals surface area contributed by atoms with Gasteiger partial charge in [-0.3, -0.25) is 4.98 Å². The highest BCUT2D eigenvalue weighted by Gasteiger charge is 2.30. The van der Waals surface area contributed by atoms with Gasteiger partial charge in [-0.1, -0.05) is 48.5 Å². The van der Waals surface area contributed by atoms with Crippen molar-refractivity contribution < 1.29 is 33.7 Å². The molecule has 0 N–H and O–H groups in total. The molecule has 180 valence electrons. The van der Waals surface area contributed by atoms with E-state index in [-0.39, 0.29) is 17.3 Å². The van der Waals surface area contributed by atoms with Gasteiger partial charge in [0.2, 0.25) is 0 Å². The fourth-order valence-electron chi connectivity index (χ4n) is 2.97. The second-order valence-corrected chi connectivity index (χ2v) is 11.5. The van der Waals surface area contributed by atoms with Gasteiger partial charge in [-0.2, -0.15) is 25.6 Å². The smallest absolute Gasteiger partial charge is 0.283 e. The molecule has 11 heteroatoms. The third kappa shape index (κ3) is 7.29. The topological polar surface area (TPSA) is 106 Å². The standard InChI is InChI=1S/C12H10N2O2S.C11H15N2O2S.ClH/c15-17(16,12-7-4-8-13-10-12)14-9-11-5-2-1-3-6-11;1-13(2,3)8-10-9-6-4-5-7-11(9)16(14,15)12-10;/h1-10H;4-7H,8H2,1-3H3;1H/q;+1;/p-1. The van der Waals surface area contributed by atoms with E-state index in [0.29, 0.717) is 21.6 Å². The zero-order chi connectivity index (χ0) is 24.1. The minimum absolute atomic E-state index is 0. The normalized spacial score (nSPS) is 14.4. The third-order valence-corrected chi connectivity index (χ3v) is 7.00. The SMILES string of the molecule is C[N+](C)(C)CC1=NS(=O)(=O)c2ccccc21.O=S(=O)(N=Cc1ccccc1)c1cccnc1.[Cl-]. The van der Waals surface area contributed by atoms with Gasteiger partial charge in [-0.05, 0) is 23.8 Å². The molecule has 0 atom stereocenters. The predicted octanol–water partition coefficient (Wildman–Crippen LogP) is -0.222. The van der Waals surface area contributed by atoms with Crippen molar-refractivity contribution in [1.29, 1.82) is 0 Å². The van der Waals surface area contributed by atoms with Crippen LogP contribution >= 0.6 is 0 Å². The molecule has 2 aromatic carbocycles. The van der Waals surface area contributed by atoms with Crippen LogP contribution in [0.15, 0.2) is 97.7 Å². The summed E-state index contributed by atoms with van der Waals surface area (Å²) in [6, 6.07) is 19.1. The van der Waals surface area contributed by atoms with Crippen LogP contribution in [0.3, 0.4) is 0 Å². The number of nitrogens with zero attached hydrogens (tertiary/aromatic N) is 4. The number of sulfonamides is 2. The summed E-state index contributed by atoms with van der Waals surface area (Å²) >= 11 is 0. The Morgan fingerprint density at radius 2 is 1.59 bits per heavy atom. The van der Waals surface area contributed by atoms with E-state index in [2.05, 4.69) is 13.8 Å². The Hall–Kier alpha value is -2.92. The number of pyridine rings is 1. The Balaban J connectivity index is 0.000000234. The minimum atomic E-state index is -3.65. The summed E-state index contributed by atoms with van der Waals surface area (Å²) in [6.07, 6.45) is 4.11. The van der Waals surface area contributed by atoms with E-state index in [1.165, 1.54) is 24.7 Å². The fraction of sp³-hybridized carbons (Fsp3) is 0.174. The second-order valence-electron chi connectivity index (χ2n) is 8.27. The molecule has 4 rings (SSSR count). The second kappa shape index (κ2) is 11.0. The van der Waals surface area contributed by atoms with E-state index in [0.717, 1.165) is 11.1 Å². The molecule has 1 aliphatic heterocycles. The number of aromatic nitrogens is 1. The van der Waals surface area contributed by atoms with Crippen molar-refractivity contribution >= 4 is 32.0 Å². The summed E-state index contributed by atoms with van der Waals surface area (Å²) < 4.78 is 55.2. The molecule has 0 saturated heterocycles. The summed E-state index contributed by atoms with van der Waals surface area (Å²) in [5.74, 6) is 0. The summed E-state index contributed by atoms with van der Waals surface area (Å²) in [5, 5.41) is 0. The van der Waals surface area contributed by atoms with E-state index in [4.69, 9.17) is 0 Å². The van der Waals surface area contributed by atoms with E-state index in [9.17, 15) is 16.8 Å². The van der Waals surface area contributed by atoms with E-state index >= 15 is 0 Å². The van der Waals surface area contributed by atoms with Crippen molar-refractivity contribution in [2.24, 2.45) is 8.80 Å². The lowest BCUT2D eigenvalue weighted by Gasteiger charge is -2.23. The van der Waals surface area contributed by atoms with Gasteiger partial charge in [0.15, 0.2) is 0 Å². The van der Waals surface area contributed by atoms with Crippen molar-refractivity contribution in [2.75, 3.05) is 27.7 Å². The molecule has 0 unspecified atom stereocenters. The minimum Gasteiger partial charge on any atom is -1.00 e. The maximum atomic E-state index is 11.8.